The number of esters is 2. The third kappa shape index (κ3) is 33.3. The molecule has 0 aliphatic rings. The van der Waals surface area contributed by atoms with Crippen LogP contribution in [-0.2, 0) is 19.1 Å². The first-order chi connectivity index (χ1) is 23.5. The number of aliphatic hydroxyl groups is 2. The molecule has 0 aliphatic carbocycles. The van der Waals surface area contributed by atoms with E-state index in [9.17, 15) is 19.8 Å². The maximum Gasteiger partial charge on any atom is 0.306 e. The summed E-state index contributed by atoms with van der Waals surface area (Å²) in [4.78, 5) is 26.8. The Bertz CT molecular complexity index is 674. The fraction of sp³-hybridized carbons (Fsp3) is 0.951. The lowest BCUT2D eigenvalue weighted by molar-refractivity contribution is -0.150. The van der Waals surface area contributed by atoms with Crippen molar-refractivity contribution in [3.63, 3.8) is 0 Å². The number of carbonyl (C=O) groups excluding carboxylic acids is 2. The number of carbonyl (C=O) groups is 2. The van der Waals surface area contributed by atoms with Crippen LogP contribution < -0.4 is 0 Å². The Balaban J connectivity index is 4.19. The Hall–Kier alpha value is -1.18. The third-order valence-corrected chi connectivity index (χ3v) is 9.44. The Morgan fingerprint density at radius 3 is 1.60 bits per heavy atom. The van der Waals surface area contributed by atoms with Crippen LogP contribution in [0, 0.1) is 0 Å². The molecule has 0 aromatic heterocycles. The van der Waals surface area contributed by atoms with Gasteiger partial charge in [-0.3, -0.25) is 9.59 Å². The molecule has 1 unspecified atom stereocenters. The van der Waals surface area contributed by atoms with Gasteiger partial charge in [0.25, 0.3) is 0 Å². The molecule has 0 aromatic carbocycles. The van der Waals surface area contributed by atoms with E-state index in [2.05, 4.69) is 25.7 Å². The van der Waals surface area contributed by atoms with Crippen molar-refractivity contribution < 1.29 is 29.3 Å². The Labute approximate surface area is 297 Å². The predicted octanol–water partition coefficient (Wildman–Crippen LogP) is 10.5. The average Bonchev–Trinajstić information content (AvgIpc) is 3.07. The van der Waals surface area contributed by atoms with Gasteiger partial charge in [-0.1, -0.05) is 130 Å². The second-order valence-corrected chi connectivity index (χ2v) is 14.3. The molecule has 7 heteroatoms. The van der Waals surface area contributed by atoms with E-state index in [1.165, 1.54) is 77.0 Å². The summed E-state index contributed by atoms with van der Waals surface area (Å²) in [6, 6.07) is 0. The highest BCUT2D eigenvalue weighted by Gasteiger charge is 2.15. The molecule has 0 heterocycles. The molecule has 0 radical (unpaired) electrons. The van der Waals surface area contributed by atoms with Crippen molar-refractivity contribution in [1.82, 2.24) is 4.90 Å². The van der Waals surface area contributed by atoms with Crippen molar-refractivity contribution >= 4 is 11.9 Å². The van der Waals surface area contributed by atoms with Crippen molar-refractivity contribution in [1.29, 1.82) is 0 Å². The van der Waals surface area contributed by atoms with Crippen LogP contribution in [-0.4, -0.2) is 72.1 Å². The standard InChI is InChI=1S/C41H81NO6/c1-4-7-10-12-15-21-29-39(30-22-16-13-11-8-5-2)48-41(46)32-23-17-14-18-25-33-42(34-27-35-43)37-38(44)28-20-19-24-31-40(45)47-36-26-9-6-3/h38-39,43-44H,4-37H2,1-3H3. The molecule has 48 heavy (non-hydrogen) atoms. The quantitative estimate of drug-likeness (QED) is 0.0494. The van der Waals surface area contributed by atoms with Gasteiger partial charge in [-0.15, -0.1) is 0 Å². The molecule has 1 atom stereocenters. The Kier molecular flexibility index (Phi) is 36.2. The second-order valence-electron chi connectivity index (χ2n) is 14.3. The molecule has 0 bridgehead atoms. The number of aliphatic hydroxyl groups excluding tert-OH is 2. The largest absolute Gasteiger partial charge is 0.466 e. The van der Waals surface area contributed by atoms with Gasteiger partial charge >= 0.3 is 11.9 Å². The fourth-order valence-electron chi connectivity index (χ4n) is 6.36. The SMILES string of the molecule is CCCCCCCCC(CCCCCCCC)OC(=O)CCCCCCCN(CCCO)CC(O)CCCCCC(=O)OCCCCC. The minimum atomic E-state index is -0.387. The molecule has 2 N–H and O–H groups in total. The van der Waals surface area contributed by atoms with Crippen molar-refractivity contribution in [2.75, 3.05) is 32.8 Å². The first-order valence-corrected chi connectivity index (χ1v) is 20.8. The van der Waals surface area contributed by atoms with E-state index in [4.69, 9.17) is 9.47 Å². The van der Waals surface area contributed by atoms with Gasteiger partial charge in [0.05, 0.1) is 12.7 Å². The van der Waals surface area contributed by atoms with Crippen LogP contribution >= 0.6 is 0 Å². The summed E-state index contributed by atoms with van der Waals surface area (Å²) >= 11 is 0. The van der Waals surface area contributed by atoms with Gasteiger partial charge in [-0.25, -0.2) is 0 Å². The first-order valence-electron chi connectivity index (χ1n) is 20.8. The van der Waals surface area contributed by atoms with Gasteiger partial charge in [-0.2, -0.15) is 0 Å². The van der Waals surface area contributed by atoms with Crippen LogP contribution in [0.25, 0.3) is 0 Å². The zero-order chi connectivity index (χ0) is 35.3. The Morgan fingerprint density at radius 1 is 0.542 bits per heavy atom. The minimum absolute atomic E-state index is 0.0107. The molecular weight excluding hydrogens is 602 g/mol. The Morgan fingerprint density at radius 2 is 1.00 bits per heavy atom. The highest BCUT2D eigenvalue weighted by Crippen LogP contribution is 2.18. The predicted molar refractivity (Wildman–Crippen MR) is 201 cm³/mol. The van der Waals surface area contributed by atoms with Gasteiger partial charge in [0.2, 0.25) is 0 Å². The summed E-state index contributed by atoms with van der Waals surface area (Å²) in [5, 5.41) is 20.0. The summed E-state index contributed by atoms with van der Waals surface area (Å²) in [5.74, 6) is -0.114. The van der Waals surface area contributed by atoms with E-state index in [1.807, 2.05) is 0 Å². The van der Waals surface area contributed by atoms with Crippen molar-refractivity contribution in [2.24, 2.45) is 0 Å². The maximum atomic E-state index is 12.7. The van der Waals surface area contributed by atoms with Gasteiger partial charge < -0.3 is 24.6 Å². The molecular formula is C41H81NO6. The lowest BCUT2D eigenvalue weighted by Crippen LogP contribution is -2.34. The molecule has 0 amide bonds. The van der Waals surface area contributed by atoms with E-state index >= 15 is 0 Å². The molecule has 7 nitrogen and oxygen atoms in total. The van der Waals surface area contributed by atoms with Crippen LogP contribution in [0.3, 0.4) is 0 Å². The molecule has 0 spiro atoms. The fourth-order valence-corrected chi connectivity index (χ4v) is 6.36. The number of ether oxygens (including phenoxy) is 2. The highest BCUT2D eigenvalue weighted by atomic mass is 16.5. The topological polar surface area (TPSA) is 96.3 Å². The molecule has 0 fully saturated rings. The number of nitrogens with zero attached hydrogens (tertiary/aromatic N) is 1. The lowest BCUT2D eigenvalue weighted by Gasteiger charge is -2.25. The maximum absolute atomic E-state index is 12.7. The molecule has 0 aromatic rings. The van der Waals surface area contributed by atoms with Crippen LogP contribution in [0.4, 0.5) is 0 Å². The van der Waals surface area contributed by atoms with E-state index in [0.717, 1.165) is 103 Å². The number of hydrogen-bond acceptors (Lipinski definition) is 7. The van der Waals surface area contributed by atoms with E-state index in [1.54, 1.807) is 0 Å². The first kappa shape index (κ1) is 46.8. The zero-order valence-corrected chi connectivity index (χ0v) is 32.2. The highest BCUT2D eigenvalue weighted by molar-refractivity contribution is 5.69. The molecule has 0 rings (SSSR count). The van der Waals surface area contributed by atoms with Crippen LogP contribution in [0.5, 0.6) is 0 Å². The minimum Gasteiger partial charge on any atom is -0.466 e. The molecule has 0 saturated heterocycles. The normalized spacial score (nSPS) is 12.2. The van der Waals surface area contributed by atoms with Gasteiger partial charge in [-0.05, 0) is 70.8 Å². The summed E-state index contributed by atoms with van der Waals surface area (Å²) in [5.41, 5.74) is 0. The van der Waals surface area contributed by atoms with E-state index in [-0.39, 0.29) is 30.8 Å². The monoisotopic (exact) mass is 684 g/mol. The van der Waals surface area contributed by atoms with Gasteiger partial charge in [0.15, 0.2) is 0 Å². The van der Waals surface area contributed by atoms with Gasteiger partial charge in [0, 0.05) is 32.5 Å². The van der Waals surface area contributed by atoms with Crippen molar-refractivity contribution in [3.8, 4) is 0 Å². The number of unbranched alkanes of at least 4 members (excludes halogenated alkanes) is 18. The van der Waals surface area contributed by atoms with E-state index < -0.39 is 0 Å². The van der Waals surface area contributed by atoms with Gasteiger partial charge in [0.1, 0.15) is 6.10 Å². The molecule has 0 saturated carbocycles. The number of hydrogen-bond donors (Lipinski definition) is 2. The second kappa shape index (κ2) is 37.1. The van der Waals surface area contributed by atoms with Crippen molar-refractivity contribution in [3.05, 3.63) is 0 Å². The van der Waals surface area contributed by atoms with Crippen LogP contribution in [0.1, 0.15) is 207 Å². The van der Waals surface area contributed by atoms with Crippen molar-refractivity contribution in [2.45, 2.75) is 219 Å². The summed E-state index contributed by atoms with van der Waals surface area (Å²) < 4.78 is 11.3. The summed E-state index contributed by atoms with van der Waals surface area (Å²) in [6.07, 6.45) is 30.4. The summed E-state index contributed by atoms with van der Waals surface area (Å²) in [6.45, 7) is 9.67. The van der Waals surface area contributed by atoms with Crippen LogP contribution in [0.15, 0.2) is 0 Å². The third-order valence-electron chi connectivity index (χ3n) is 9.44. The molecule has 0 aliphatic heterocycles. The smallest absolute Gasteiger partial charge is 0.306 e. The van der Waals surface area contributed by atoms with Crippen LogP contribution in [0.2, 0.25) is 0 Å². The average molecular weight is 684 g/mol. The van der Waals surface area contributed by atoms with E-state index in [0.29, 0.717) is 32.4 Å². The summed E-state index contributed by atoms with van der Waals surface area (Å²) in [7, 11) is 0. The molecule has 286 valence electrons. The zero-order valence-electron chi connectivity index (χ0n) is 32.2. The lowest BCUT2D eigenvalue weighted by atomic mass is 10.0. The number of rotatable bonds is 38.